The molecule has 1 aliphatic rings. The lowest BCUT2D eigenvalue weighted by atomic mass is 9.99. The van der Waals surface area contributed by atoms with E-state index >= 15 is 0 Å². The third-order valence-electron chi connectivity index (χ3n) is 6.37. The Morgan fingerprint density at radius 3 is 2.94 bits per heavy atom. The number of para-hydroxylation sites is 1. The van der Waals surface area contributed by atoms with Gasteiger partial charge in [0, 0.05) is 48.3 Å². The number of hydrogen-bond donors (Lipinski definition) is 2. The quantitative estimate of drug-likeness (QED) is 0.473. The Hall–Kier alpha value is -3.71. The molecule has 2 aromatic heterocycles. The predicted octanol–water partition coefficient (Wildman–Crippen LogP) is 3.98. The number of amides is 1. The third-order valence-corrected chi connectivity index (χ3v) is 6.37. The van der Waals surface area contributed by atoms with Gasteiger partial charge in [0.15, 0.2) is 0 Å². The summed E-state index contributed by atoms with van der Waals surface area (Å²) in [5.74, 6) is 1.03. The Bertz CT molecular complexity index is 1300. The van der Waals surface area contributed by atoms with Crippen LogP contribution in [0.15, 0.2) is 60.8 Å². The first-order chi connectivity index (χ1) is 16.2. The van der Waals surface area contributed by atoms with Crippen LogP contribution in [0.2, 0.25) is 0 Å². The van der Waals surface area contributed by atoms with Crippen LogP contribution in [0, 0.1) is 0 Å². The lowest BCUT2D eigenvalue weighted by molar-refractivity contribution is 0.0964. The van der Waals surface area contributed by atoms with Gasteiger partial charge >= 0.3 is 0 Å². The molecule has 1 amide bonds. The fourth-order valence-electron chi connectivity index (χ4n) is 4.65. The molecule has 1 aliphatic heterocycles. The number of carbonyl (C=O) groups is 1. The van der Waals surface area contributed by atoms with Gasteiger partial charge in [-0.15, -0.1) is 0 Å². The minimum Gasteiger partial charge on any atom is -0.497 e. The summed E-state index contributed by atoms with van der Waals surface area (Å²) in [5.41, 5.74) is 5.76. The molecule has 1 fully saturated rings. The highest BCUT2D eigenvalue weighted by Crippen LogP contribution is 2.32. The lowest BCUT2D eigenvalue weighted by Crippen LogP contribution is -2.21. The van der Waals surface area contributed by atoms with Crippen molar-refractivity contribution in [2.75, 3.05) is 27.2 Å². The zero-order valence-corrected chi connectivity index (χ0v) is 18.8. The zero-order valence-electron chi connectivity index (χ0n) is 18.8. The highest BCUT2D eigenvalue weighted by atomic mass is 16.5. The Kier molecular flexibility index (Phi) is 5.79. The molecule has 0 saturated carbocycles. The van der Waals surface area contributed by atoms with E-state index in [1.165, 1.54) is 0 Å². The van der Waals surface area contributed by atoms with Crippen molar-refractivity contribution in [1.29, 1.82) is 0 Å². The van der Waals surface area contributed by atoms with E-state index in [2.05, 4.69) is 26.5 Å². The number of likely N-dealkylation sites (tertiary alicyclic amines) is 1. The van der Waals surface area contributed by atoms with Crippen molar-refractivity contribution in [3.8, 4) is 17.0 Å². The molecule has 168 valence electrons. The molecule has 3 heterocycles. The second-order valence-electron chi connectivity index (χ2n) is 8.41. The number of H-pyrrole nitrogens is 1. The number of ether oxygens (including phenoxy) is 1. The summed E-state index contributed by atoms with van der Waals surface area (Å²) in [6, 6.07) is 17.8. The SMILES string of the molecule is CNC(=O)c1cc([C@H]2CCN(Cc3cn[nH]c3-c3cccc(OC)c3)C2)nc2ccccc12. The highest BCUT2D eigenvalue weighted by Gasteiger charge is 2.27. The maximum Gasteiger partial charge on any atom is 0.251 e. The van der Waals surface area contributed by atoms with Crippen LogP contribution < -0.4 is 10.1 Å². The minimum atomic E-state index is -0.0777. The maximum atomic E-state index is 12.5. The van der Waals surface area contributed by atoms with Gasteiger partial charge in [0.1, 0.15) is 5.75 Å². The molecule has 0 radical (unpaired) electrons. The van der Waals surface area contributed by atoms with Crippen molar-refractivity contribution in [3.05, 3.63) is 77.6 Å². The van der Waals surface area contributed by atoms with Crippen LogP contribution in [0.1, 0.15) is 34.0 Å². The summed E-state index contributed by atoms with van der Waals surface area (Å²) >= 11 is 0. The Morgan fingerprint density at radius 1 is 1.21 bits per heavy atom. The van der Waals surface area contributed by atoms with Crippen LogP contribution in [-0.2, 0) is 6.54 Å². The van der Waals surface area contributed by atoms with Gasteiger partial charge < -0.3 is 10.1 Å². The average Bonchev–Trinajstić information content (AvgIpc) is 3.53. The molecular weight excluding hydrogens is 414 g/mol. The van der Waals surface area contributed by atoms with Gasteiger partial charge in [0.25, 0.3) is 5.91 Å². The van der Waals surface area contributed by atoms with E-state index < -0.39 is 0 Å². The molecule has 2 aromatic carbocycles. The molecule has 4 aromatic rings. The highest BCUT2D eigenvalue weighted by molar-refractivity contribution is 6.06. The Morgan fingerprint density at radius 2 is 2.09 bits per heavy atom. The van der Waals surface area contributed by atoms with Gasteiger partial charge in [0.2, 0.25) is 0 Å². The van der Waals surface area contributed by atoms with Gasteiger partial charge in [-0.05, 0) is 37.2 Å². The van der Waals surface area contributed by atoms with Gasteiger partial charge in [-0.3, -0.25) is 19.8 Å². The monoisotopic (exact) mass is 441 g/mol. The maximum absolute atomic E-state index is 12.5. The van der Waals surface area contributed by atoms with Crippen LogP contribution in [0.25, 0.3) is 22.2 Å². The molecule has 1 saturated heterocycles. The summed E-state index contributed by atoms with van der Waals surface area (Å²) < 4.78 is 5.37. The van der Waals surface area contributed by atoms with Crippen molar-refractivity contribution >= 4 is 16.8 Å². The predicted molar refractivity (Wildman–Crippen MR) is 128 cm³/mol. The molecule has 7 nitrogen and oxygen atoms in total. The smallest absolute Gasteiger partial charge is 0.251 e. The lowest BCUT2D eigenvalue weighted by Gasteiger charge is -2.17. The zero-order chi connectivity index (χ0) is 22.8. The first kappa shape index (κ1) is 21.2. The van der Waals surface area contributed by atoms with Crippen molar-refractivity contribution in [1.82, 2.24) is 25.4 Å². The second-order valence-corrected chi connectivity index (χ2v) is 8.41. The van der Waals surface area contributed by atoms with Gasteiger partial charge in [-0.1, -0.05) is 30.3 Å². The molecule has 33 heavy (non-hydrogen) atoms. The first-order valence-corrected chi connectivity index (χ1v) is 11.2. The van der Waals surface area contributed by atoms with E-state index in [0.717, 1.165) is 65.2 Å². The number of rotatable bonds is 6. The van der Waals surface area contributed by atoms with E-state index in [4.69, 9.17) is 9.72 Å². The van der Waals surface area contributed by atoms with Crippen molar-refractivity contribution in [2.45, 2.75) is 18.9 Å². The van der Waals surface area contributed by atoms with Gasteiger partial charge in [-0.2, -0.15) is 5.10 Å². The first-order valence-electron chi connectivity index (χ1n) is 11.2. The van der Waals surface area contributed by atoms with Gasteiger partial charge in [0.05, 0.1) is 30.1 Å². The normalized spacial score (nSPS) is 16.2. The number of aromatic amines is 1. The Labute approximate surface area is 192 Å². The van der Waals surface area contributed by atoms with Crippen LogP contribution in [0.4, 0.5) is 0 Å². The van der Waals surface area contributed by atoms with Gasteiger partial charge in [-0.25, -0.2) is 0 Å². The molecule has 2 N–H and O–H groups in total. The van der Waals surface area contributed by atoms with Crippen molar-refractivity contribution in [3.63, 3.8) is 0 Å². The molecule has 0 unspecified atom stereocenters. The fourth-order valence-corrected chi connectivity index (χ4v) is 4.65. The van der Waals surface area contributed by atoms with E-state index in [1.807, 2.05) is 54.7 Å². The number of nitrogens with one attached hydrogen (secondary N) is 2. The fraction of sp³-hybridized carbons (Fsp3) is 0.269. The largest absolute Gasteiger partial charge is 0.497 e. The standard InChI is InChI=1S/C26H27N5O2/c1-27-26(32)22-13-24(29-23-9-4-3-8-21(22)23)18-10-11-31(15-18)16-19-14-28-30-25(19)17-6-5-7-20(12-17)33-2/h3-9,12-14,18H,10-11,15-16H2,1-2H3,(H,27,32)(H,28,30)/t18-/m0/s1. The molecule has 0 spiro atoms. The van der Waals surface area contributed by atoms with Crippen molar-refractivity contribution in [2.24, 2.45) is 0 Å². The summed E-state index contributed by atoms with van der Waals surface area (Å²) in [4.78, 5) is 19.9. The number of carbonyl (C=O) groups excluding carboxylic acids is 1. The van der Waals surface area contributed by atoms with E-state index in [1.54, 1.807) is 14.2 Å². The van der Waals surface area contributed by atoms with E-state index in [9.17, 15) is 4.79 Å². The Balaban J connectivity index is 1.37. The van der Waals surface area contributed by atoms with Crippen molar-refractivity contribution < 1.29 is 9.53 Å². The minimum absolute atomic E-state index is 0.0777. The third kappa shape index (κ3) is 4.19. The van der Waals surface area contributed by atoms with Crippen LogP contribution in [0.5, 0.6) is 5.75 Å². The summed E-state index contributed by atoms with van der Waals surface area (Å²) in [7, 11) is 3.34. The summed E-state index contributed by atoms with van der Waals surface area (Å²) in [5, 5.41) is 11.1. The second kappa shape index (κ2) is 9.03. The topological polar surface area (TPSA) is 83.1 Å². The molecular formula is C26H27N5O2. The molecule has 0 aliphatic carbocycles. The van der Waals surface area contributed by atoms with E-state index in [-0.39, 0.29) is 11.8 Å². The number of nitrogens with zero attached hydrogens (tertiary/aromatic N) is 3. The number of benzene rings is 2. The van der Waals surface area contributed by atoms with Crippen LogP contribution in [0.3, 0.4) is 0 Å². The van der Waals surface area contributed by atoms with E-state index in [0.29, 0.717) is 5.56 Å². The molecule has 1 atom stereocenters. The number of hydrogen-bond acceptors (Lipinski definition) is 5. The van der Waals surface area contributed by atoms with Crippen LogP contribution >= 0.6 is 0 Å². The molecule has 7 heteroatoms. The number of methoxy groups -OCH3 is 1. The number of fused-ring (bicyclic) bond motifs is 1. The molecule has 0 bridgehead atoms. The van der Waals surface area contributed by atoms with Crippen LogP contribution in [-0.4, -0.2) is 53.2 Å². The summed E-state index contributed by atoms with van der Waals surface area (Å²) in [6.07, 6.45) is 2.91. The number of aromatic nitrogens is 3. The number of pyridine rings is 1. The average molecular weight is 442 g/mol. The molecule has 5 rings (SSSR count). The summed E-state index contributed by atoms with van der Waals surface area (Å²) in [6.45, 7) is 2.66.